The number of ether oxygens (including phenoxy) is 1. The molecule has 2 aromatic carbocycles. The molecule has 4 nitrogen and oxygen atoms in total. The summed E-state index contributed by atoms with van der Waals surface area (Å²) in [6, 6.07) is 15.3. The van der Waals surface area contributed by atoms with E-state index in [0.29, 0.717) is 0 Å². The van der Waals surface area contributed by atoms with Crippen LogP contribution < -0.4 is 10.2 Å². The summed E-state index contributed by atoms with van der Waals surface area (Å²) in [5, 5.41) is 4.27. The number of rotatable bonds is 9. The van der Waals surface area contributed by atoms with Crippen molar-refractivity contribution in [2.75, 3.05) is 43.6 Å². The normalized spacial score (nSPS) is 13.1. The van der Waals surface area contributed by atoms with Gasteiger partial charge in [-0.05, 0) is 73.6 Å². The Balaban J connectivity index is 1.75. The fourth-order valence-electron chi connectivity index (χ4n) is 4.17. The van der Waals surface area contributed by atoms with Gasteiger partial charge in [0, 0.05) is 51.3 Å². The van der Waals surface area contributed by atoms with E-state index >= 15 is 0 Å². The van der Waals surface area contributed by atoms with Crippen LogP contribution in [-0.4, -0.2) is 43.4 Å². The van der Waals surface area contributed by atoms with Gasteiger partial charge in [0.05, 0.1) is 0 Å². The molecule has 162 valence electrons. The van der Waals surface area contributed by atoms with E-state index in [0.717, 1.165) is 62.8 Å². The van der Waals surface area contributed by atoms with Crippen molar-refractivity contribution in [1.82, 2.24) is 4.90 Å². The molecule has 1 aliphatic rings. The van der Waals surface area contributed by atoms with Gasteiger partial charge in [0.2, 0.25) is 0 Å². The van der Waals surface area contributed by atoms with Crippen molar-refractivity contribution in [1.29, 1.82) is 0 Å². The number of aryl methyl sites for hydroxylation is 2. The molecule has 0 bridgehead atoms. The highest BCUT2D eigenvalue weighted by atomic mass is 32.1. The lowest BCUT2D eigenvalue weighted by Crippen LogP contribution is -2.36. The predicted octanol–water partition coefficient (Wildman–Crippen LogP) is 5.26. The van der Waals surface area contributed by atoms with Gasteiger partial charge >= 0.3 is 0 Å². The average Bonchev–Trinajstić information content (AvgIpc) is 2.78. The van der Waals surface area contributed by atoms with E-state index in [4.69, 9.17) is 17.0 Å². The van der Waals surface area contributed by atoms with E-state index in [-0.39, 0.29) is 0 Å². The van der Waals surface area contributed by atoms with Crippen LogP contribution in [0.2, 0.25) is 0 Å². The molecule has 0 unspecified atom stereocenters. The molecule has 0 atom stereocenters. The molecule has 0 radical (unpaired) electrons. The van der Waals surface area contributed by atoms with Crippen molar-refractivity contribution in [3.05, 3.63) is 59.2 Å². The molecule has 5 heteroatoms. The third-order valence-electron chi connectivity index (χ3n) is 5.82. The van der Waals surface area contributed by atoms with Crippen molar-refractivity contribution in [3.8, 4) is 0 Å². The Morgan fingerprint density at radius 1 is 1.20 bits per heavy atom. The third-order valence-corrected chi connectivity index (χ3v) is 6.18. The lowest BCUT2D eigenvalue weighted by atomic mass is 9.99. The molecular weight excluding hydrogens is 390 g/mol. The number of benzene rings is 2. The minimum Gasteiger partial charge on any atom is -0.385 e. The van der Waals surface area contributed by atoms with E-state index in [2.05, 4.69) is 71.4 Å². The Labute approximate surface area is 187 Å². The molecule has 3 rings (SSSR count). The maximum atomic E-state index is 5.84. The van der Waals surface area contributed by atoms with Crippen LogP contribution in [0.1, 0.15) is 43.4 Å². The second-order valence-corrected chi connectivity index (χ2v) is 8.24. The minimum atomic E-state index is 0.736. The SMILES string of the molecule is CCc1ccccc1NC(=S)N(CCCOC)Cc1ccc2c(c1)CCCN2CC. The first kappa shape index (κ1) is 22.6. The van der Waals surface area contributed by atoms with Crippen LogP contribution in [0.15, 0.2) is 42.5 Å². The Morgan fingerprint density at radius 3 is 2.80 bits per heavy atom. The summed E-state index contributed by atoms with van der Waals surface area (Å²) in [4.78, 5) is 4.75. The van der Waals surface area contributed by atoms with Crippen molar-refractivity contribution in [2.45, 2.75) is 46.1 Å². The first-order valence-corrected chi connectivity index (χ1v) is 11.6. The summed E-state index contributed by atoms with van der Waals surface area (Å²) in [6.45, 7) is 9.05. The van der Waals surface area contributed by atoms with Crippen LogP contribution in [0.3, 0.4) is 0 Å². The molecule has 0 aliphatic carbocycles. The highest BCUT2D eigenvalue weighted by Crippen LogP contribution is 2.28. The first-order chi connectivity index (χ1) is 14.7. The average molecular weight is 426 g/mol. The number of methoxy groups -OCH3 is 1. The molecule has 0 saturated heterocycles. The van der Waals surface area contributed by atoms with Crippen molar-refractivity contribution in [2.24, 2.45) is 0 Å². The number of fused-ring (bicyclic) bond motifs is 1. The molecule has 0 amide bonds. The molecule has 1 aliphatic heterocycles. The topological polar surface area (TPSA) is 27.7 Å². The monoisotopic (exact) mass is 425 g/mol. The summed E-state index contributed by atoms with van der Waals surface area (Å²) in [6.07, 6.45) is 4.32. The molecule has 0 aromatic heterocycles. The number of hydrogen-bond donors (Lipinski definition) is 1. The molecule has 1 heterocycles. The standard InChI is InChI=1S/C25H35N3OS/c1-4-21-10-6-7-12-23(21)26-25(30)28(16-9-17-29-3)19-20-13-14-24-22(18-20)11-8-15-27(24)5-2/h6-7,10,12-14,18H,4-5,8-9,11,15-17,19H2,1-3H3,(H,26,30). The van der Waals surface area contributed by atoms with Gasteiger partial charge in [-0.15, -0.1) is 0 Å². The highest BCUT2D eigenvalue weighted by molar-refractivity contribution is 7.80. The van der Waals surface area contributed by atoms with Gasteiger partial charge < -0.3 is 19.9 Å². The third kappa shape index (κ3) is 5.73. The van der Waals surface area contributed by atoms with Gasteiger partial charge in [-0.2, -0.15) is 0 Å². The lowest BCUT2D eigenvalue weighted by molar-refractivity contribution is 0.185. The second kappa shape index (κ2) is 11.3. The molecule has 0 spiro atoms. The Hall–Kier alpha value is -2.11. The zero-order chi connectivity index (χ0) is 21.3. The number of nitrogens with one attached hydrogen (secondary N) is 1. The molecule has 0 fully saturated rings. The number of nitrogens with zero attached hydrogens (tertiary/aromatic N) is 2. The van der Waals surface area contributed by atoms with E-state index < -0.39 is 0 Å². The van der Waals surface area contributed by atoms with Crippen molar-refractivity contribution in [3.63, 3.8) is 0 Å². The van der Waals surface area contributed by atoms with Crippen LogP contribution >= 0.6 is 12.2 Å². The first-order valence-electron chi connectivity index (χ1n) is 11.2. The van der Waals surface area contributed by atoms with Gasteiger partial charge in [-0.3, -0.25) is 0 Å². The van der Waals surface area contributed by atoms with Crippen LogP contribution in [0.5, 0.6) is 0 Å². The number of hydrogen-bond acceptors (Lipinski definition) is 3. The Bertz CT molecular complexity index is 839. The molecule has 30 heavy (non-hydrogen) atoms. The van der Waals surface area contributed by atoms with E-state index in [1.54, 1.807) is 7.11 Å². The summed E-state index contributed by atoms with van der Waals surface area (Å²) in [7, 11) is 1.75. The van der Waals surface area contributed by atoms with Gasteiger partial charge in [-0.25, -0.2) is 0 Å². The van der Waals surface area contributed by atoms with E-state index in [1.165, 1.54) is 28.8 Å². The van der Waals surface area contributed by atoms with Crippen LogP contribution in [0.4, 0.5) is 11.4 Å². The van der Waals surface area contributed by atoms with Crippen LogP contribution in [0.25, 0.3) is 0 Å². The summed E-state index contributed by atoms with van der Waals surface area (Å²) >= 11 is 5.84. The van der Waals surface area contributed by atoms with Crippen LogP contribution in [0, 0.1) is 0 Å². The summed E-state index contributed by atoms with van der Waals surface area (Å²) in [5.74, 6) is 0. The van der Waals surface area contributed by atoms with E-state index in [9.17, 15) is 0 Å². The fraction of sp³-hybridized carbons (Fsp3) is 0.480. The second-order valence-electron chi connectivity index (χ2n) is 7.86. The Kier molecular flexibility index (Phi) is 8.52. The Morgan fingerprint density at radius 2 is 2.03 bits per heavy atom. The summed E-state index contributed by atoms with van der Waals surface area (Å²) < 4.78 is 5.28. The lowest BCUT2D eigenvalue weighted by Gasteiger charge is -2.31. The maximum absolute atomic E-state index is 5.84. The van der Waals surface area contributed by atoms with E-state index in [1.807, 2.05) is 0 Å². The minimum absolute atomic E-state index is 0.736. The van der Waals surface area contributed by atoms with Gasteiger partial charge in [-0.1, -0.05) is 37.3 Å². The van der Waals surface area contributed by atoms with Crippen molar-refractivity contribution < 1.29 is 4.74 Å². The maximum Gasteiger partial charge on any atom is 0.173 e. The fourth-order valence-corrected chi connectivity index (χ4v) is 4.44. The van der Waals surface area contributed by atoms with Gasteiger partial charge in [0.25, 0.3) is 0 Å². The smallest absolute Gasteiger partial charge is 0.173 e. The van der Waals surface area contributed by atoms with Gasteiger partial charge in [0.1, 0.15) is 0 Å². The summed E-state index contributed by atoms with van der Waals surface area (Å²) in [5.41, 5.74) is 6.57. The number of anilines is 2. The molecule has 0 saturated carbocycles. The zero-order valence-corrected chi connectivity index (χ0v) is 19.4. The highest BCUT2D eigenvalue weighted by Gasteiger charge is 2.17. The largest absolute Gasteiger partial charge is 0.385 e. The zero-order valence-electron chi connectivity index (χ0n) is 18.6. The molecule has 2 aromatic rings. The molecule has 1 N–H and O–H groups in total. The molecular formula is C25H35N3OS. The number of para-hydroxylation sites is 1. The predicted molar refractivity (Wildman–Crippen MR) is 132 cm³/mol. The van der Waals surface area contributed by atoms with Crippen molar-refractivity contribution >= 4 is 28.7 Å². The quantitative estimate of drug-likeness (QED) is 0.437. The van der Waals surface area contributed by atoms with Crippen LogP contribution in [-0.2, 0) is 24.1 Å². The van der Waals surface area contributed by atoms with Gasteiger partial charge in [0.15, 0.2) is 5.11 Å². The number of thiocarbonyl (C=S) groups is 1.